The van der Waals surface area contributed by atoms with E-state index >= 15 is 0 Å². The van der Waals surface area contributed by atoms with Crippen LogP contribution in [0, 0.1) is 0 Å². The monoisotopic (exact) mass is 564 g/mol. The van der Waals surface area contributed by atoms with E-state index in [1.54, 1.807) is 0 Å². The smallest absolute Gasteiger partial charge is 0.334 e. The number of aliphatic hydroxyl groups is 2. The summed E-state index contributed by atoms with van der Waals surface area (Å²) in [4.78, 5) is 11.6. The molecule has 0 amide bonds. The Kier molecular flexibility index (Phi) is 20.0. The summed E-state index contributed by atoms with van der Waals surface area (Å²) >= 11 is 0. The highest BCUT2D eigenvalue weighted by atomic mass is 16.5. The zero-order valence-corrected chi connectivity index (χ0v) is 26.3. The van der Waals surface area contributed by atoms with Crippen molar-refractivity contribution in [1.29, 1.82) is 0 Å². The third-order valence-electron chi connectivity index (χ3n) is 8.98. The van der Waals surface area contributed by atoms with Gasteiger partial charge in [-0.15, -0.1) is 0 Å². The summed E-state index contributed by atoms with van der Waals surface area (Å²) in [5.41, 5.74) is 0.843. The second-order valence-electron chi connectivity index (χ2n) is 12.8. The third-order valence-corrected chi connectivity index (χ3v) is 8.98. The average Bonchev–Trinajstić information content (AvgIpc) is 3.56. The number of carbonyl (C=O) groups excluding carboxylic acids is 1. The molecule has 1 saturated heterocycles. The van der Waals surface area contributed by atoms with Crippen molar-refractivity contribution >= 4 is 5.97 Å². The molecule has 0 aromatic carbocycles. The average molecular weight is 565 g/mol. The van der Waals surface area contributed by atoms with Crippen molar-refractivity contribution in [2.45, 2.75) is 205 Å². The van der Waals surface area contributed by atoms with Crippen LogP contribution in [-0.2, 0) is 14.3 Å². The molecule has 5 nitrogen and oxygen atoms in total. The van der Waals surface area contributed by atoms with Gasteiger partial charge >= 0.3 is 5.97 Å². The van der Waals surface area contributed by atoms with E-state index in [0.717, 1.165) is 69.8 Å². The molecule has 2 aliphatic rings. The molecule has 234 valence electrons. The Hall–Kier alpha value is -0.910. The summed E-state index contributed by atoms with van der Waals surface area (Å²) < 4.78 is 11.2. The Bertz CT molecular complexity index is 662. The van der Waals surface area contributed by atoms with Crippen molar-refractivity contribution in [2.75, 3.05) is 0 Å². The number of carbonyl (C=O) groups is 1. The van der Waals surface area contributed by atoms with Crippen LogP contribution in [0.2, 0.25) is 0 Å². The summed E-state index contributed by atoms with van der Waals surface area (Å²) in [6.45, 7) is 4.18. The minimum Gasteiger partial charge on any atom is -0.455 e. The molecule has 0 aliphatic carbocycles. The Morgan fingerprint density at radius 1 is 0.675 bits per heavy atom. The Morgan fingerprint density at radius 2 is 1.07 bits per heavy atom. The zero-order chi connectivity index (χ0) is 28.8. The first kappa shape index (κ1) is 35.3. The molecular weight excluding hydrogens is 500 g/mol. The van der Waals surface area contributed by atoms with Crippen molar-refractivity contribution in [3.05, 3.63) is 11.6 Å². The van der Waals surface area contributed by atoms with Crippen molar-refractivity contribution in [2.24, 2.45) is 0 Å². The molecule has 0 saturated carbocycles. The Labute approximate surface area is 246 Å². The molecule has 2 aliphatic heterocycles. The summed E-state index contributed by atoms with van der Waals surface area (Å²) in [5.74, 6) is -0.139. The van der Waals surface area contributed by atoms with Gasteiger partial charge in [0.05, 0.1) is 24.4 Å². The predicted octanol–water partition coefficient (Wildman–Crippen LogP) is 9.12. The molecular formula is C35H64O5. The number of esters is 1. The van der Waals surface area contributed by atoms with Crippen LogP contribution in [0.15, 0.2) is 11.6 Å². The van der Waals surface area contributed by atoms with E-state index in [0.29, 0.717) is 0 Å². The highest BCUT2D eigenvalue weighted by Gasteiger charge is 2.34. The fraction of sp³-hybridized carbons (Fsp3) is 0.914. The van der Waals surface area contributed by atoms with Gasteiger partial charge < -0.3 is 19.7 Å². The lowest BCUT2D eigenvalue weighted by atomic mass is 10.00. The lowest BCUT2D eigenvalue weighted by Crippen LogP contribution is -2.31. The Balaban J connectivity index is 1.36. The topological polar surface area (TPSA) is 76.0 Å². The molecule has 2 N–H and O–H groups in total. The second kappa shape index (κ2) is 22.7. The van der Waals surface area contributed by atoms with Gasteiger partial charge in [0.1, 0.15) is 6.10 Å². The number of unbranched alkanes of at least 4 members (excludes halogenated alkanes) is 18. The van der Waals surface area contributed by atoms with Crippen LogP contribution >= 0.6 is 0 Å². The van der Waals surface area contributed by atoms with Gasteiger partial charge in [0, 0.05) is 5.57 Å². The van der Waals surface area contributed by atoms with Crippen LogP contribution in [0.25, 0.3) is 0 Å². The van der Waals surface area contributed by atoms with E-state index < -0.39 is 6.10 Å². The van der Waals surface area contributed by atoms with Crippen LogP contribution < -0.4 is 0 Å². The van der Waals surface area contributed by atoms with Crippen molar-refractivity contribution in [3.8, 4) is 0 Å². The Morgan fingerprint density at radius 3 is 1.48 bits per heavy atom. The van der Waals surface area contributed by atoms with E-state index in [-0.39, 0.29) is 30.4 Å². The van der Waals surface area contributed by atoms with Crippen molar-refractivity contribution in [3.63, 3.8) is 0 Å². The number of aliphatic hydroxyl groups excluding tert-OH is 2. The summed E-state index contributed by atoms with van der Waals surface area (Å²) in [7, 11) is 0. The number of hydrogen-bond acceptors (Lipinski definition) is 5. The zero-order valence-electron chi connectivity index (χ0n) is 26.3. The van der Waals surface area contributed by atoms with Crippen LogP contribution in [-0.4, -0.2) is 46.7 Å². The van der Waals surface area contributed by atoms with Crippen molar-refractivity contribution < 1.29 is 24.5 Å². The highest BCUT2D eigenvalue weighted by molar-refractivity contribution is 5.90. The molecule has 40 heavy (non-hydrogen) atoms. The van der Waals surface area contributed by atoms with Crippen molar-refractivity contribution in [1.82, 2.24) is 0 Å². The van der Waals surface area contributed by atoms with Gasteiger partial charge in [-0.25, -0.2) is 4.79 Å². The maximum absolute atomic E-state index is 11.6. The lowest BCUT2D eigenvalue weighted by Gasteiger charge is -2.22. The molecule has 0 aromatic rings. The first-order chi connectivity index (χ1) is 19.5. The number of rotatable bonds is 26. The molecule has 5 heteroatoms. The van der Waals surface area contributed by atoms with E-state index in [1.165, 1.54) is 96.3 Å². The van der Waals surface area contributed by atoms with Crippen LogP contribution in [0.1, 0.15) is 174 Å². The maximum Gasteiger partial charge on any atom is 0.334 e. The fourth-order valence-corrected chi connectivity index (χ4v) is 6.37. The minimum atomic E-state index is -0.416. The second-order valence-corrected chi connectivity index (χ2v) is 12.8. The summed E-state index contributed by atoms with van der Waals surface area (Å²) in [5, 5.41) is 21.2. The van der Waals surface area contributed by atoms with E-state index in [9.17, 15) is 15.0 Å². The molecule has 0 radical (unpaired) electrons. The lowest BCUT2D eigenvalue weighted by molar-refractivity contribution is -0.139. The minimum absolute atomic E-state index is 0.0646. The van der Waals surface area contributed by atoms with Gasteiger partial charge in [-0.05, 0) is 51.5 Å². The van der Waals surface area contributed by atoms with Gasteiger partial charge in [0.15, 0.2) is 0 Å². The molecule has 5 atom stereocenters. The fourth-order valence-electron chi connectivity index (χ4n) is 6.37. The molecule has 0 bridgehead atoms. The summed E-state index contributed by atoms with van der Waals surface area (Å²) in [6.07, 6.45) is 30.5. The van der Waals surface area contributed by atoms with Gasteiger partial charge in [0.25, 0.3) is 0 Å². The number of cyclic esters (lactones) is 1. The standard InChI is InChI=1S/C35H64O5/c1-3-4-5-6-7-8-9-10-11-12-13-14-18-21-24-31(36)33-26-27-34(40-33)32(37)25-22-19-16-15-17-20-23-30-28-29(2)39-35(30)38/h28-29,31-34,36-37H,3-27H2,1-2H3/t29-,31-,32+,33+,34+/m0/s1. The molecule has 0 spiro atoms. The maximum atomic E-state index is 11.6. The summed E-state index contributed by atoms with van der Waals surface area (Å²) in [6, 6.07) is 0. The van der Waals surface area contributed by atoms with Gasteiger partial charge in [0.2, 0.25) is 0 Å². The van der Waals surface area contributed by atoms with E-state index in [1.807, 2.05) is 13.0 Å². The van der Waals surface area contributed by atoms with Crippen LogP contribution in [0.3, 0.4) is 0 Å². The first-order valence-corrected chi connectivity index (χ1v) is 17.4. The van der Waals surface area contributed by atoms with E-state index in [4.69, 9.17) is 9.47 Å². The predicted molar refractivity (Wildman–Crippen MR) is 165 cm³/mol. The van der Waals surface area contributed by atoms with E-state index in [2.05, 4.69) is 6.92 Å². The van der Waals surface area contributed by atoms with Gasteiger partial charge in [-0.2, -0.15) is 0 Å². The third kappa shape index (κ3) is 15.9. The number of hydrogen-bond donors (Lipinski definition) is 2. The van der Waals surface area contributed by atoms with Crippen LogP contribution in [0.5, 0.6) is 0 Å². The SMILES string of the molecule is CCCCCCCCCCCCCCCC[C@H](O)[C@H]1CC[C@H]([C@H](O)CCCCCCCCC2=C[C@H](C)OC2=O)O1. The first-order valence-electron chi connectivity index (χ1n) is 17.4. The molecule has 1 fully saturated rings. The van der Waals surface area contributed by atoms with Gasteiger partial charge in [-0.1, -0.05) is 129 Å². The number of ether oxygens (including phenoxy) is 2. The molecule has 0 unspecified atom stereocenters. The van der Waals surface area contributed by atoms with Crippen LogP contribution in [0.4, 0.5) is 0 Å². The molecule has 2 rings (SSSR count). The molecule has 2 heterocycles. The highest BCUT2D eigenvalue weighted by Crippen LogP contribution is 2.28. The molecule has 0 aromatic heterocycles. The quantitative estimate of drug-likeness (QED) is 0.0809. The van der Waals surface area contributed by atoms with Gasteiger partial charge in [-0.3, -0.25) is 0 Å². The normalized spacial score (nSPS) is 22.4. The largest absolute Gasteiger partial charge is 0.455 e.